The van der Waals surface area contributed by atoms with E-state index in [2.05, 4.69) is 45.7 Å². The molecule has 0 saturated heterocycles. The van der Waals surface area contributed by atoms with Crippen LogP contribution in [0, 0.1) is 0 Å². The van der Waals surface area contributed by atoms with E-state index in [0.717, 1.165) is 24.4 Å². The predicted molar refractivity (Wildman–Crippen MR) is 121 cm³/mol. The summed E-state index contributed by atoms with van der Waals surface area (Å²) in [6, 6.07) is 8.32. The largest absolute Gasteiger partial charge is 0.350 e. The van der Waals surface area contributed by atoms with Crippen molar-refractivity contribution < 1.29 is 4.79 Å². The van der Waals surface area contributed by atoms with Crippen molar-refractivity contribution in [2.45, 2.75) is 32.9 Å². The monoisotopic (exact) mass is 499 g/mol. The minimum Gasteiger partial charge on any atom is -0.350 e. The maximum absolute atomic E-state index is 12.5. The zero-order chi connectivity index (χ0) is 18.4. The van der Waals surface area contributed by atoms with Crippen LogP contribution in [0.3, 0.4) is 0 Å². The molecule has 0 bridgehead atoms. The maximum atomic E-state index is 12.5. The number of amides is 1. The van der Waals surface area contributed by atoms with E-state index in [1.165, 1.54) is 16.0 Å². The van der Waals surface area contributed by atoms with Crippen LogP contribution in [0.2, 0.25) is 0 Å². The second-order valence-electron chi connectivity index (χ2n) is 6.19. The van der Waals surface area contributed by atoms with Gasteiger partial charge in [0.25, 0.3) is 0 Å². The van der Waals surface area contributed by atoms with Crippen molar-refractivity contribution in [2.75, 3.05) is 20.1 Å². The van der Waals surface area contributed by atoms with Gasteiger partial charge in [-0.05, 0) is 24.0 Å². The summed E-state index contributed by atoms with van der Waals surface area (Å²) < 4.78 is 0. The zero-order valence-corrected chi connectivity index (χ0v) is 18.8. The molecule has 3 rings (SSSR count). The lowest BCUT2D eigenvalue weighted by Gasteiger charge is -2.29. The second-order valence-corrected chi connectivity index (χ2v) is 7.39. The van der Waals surface area contributed by atoms with Crippen molar-refractivity contribution in [1.82, 2.24) is 20.5 Å². The lowest BCUT2D eigenvalue weighted by atomic mass is 10.00. The molecule has 1 aliphatic heterocycles. The molecule has 0 saturated carbocycles. The number of rotatable bonds is 5. The van der Waals surface area contributed by atoms with Crippen LogP contribution >= 0.6 is 35.3 Å². The van der Waals surface area contributed by atoms with Crippen LogP contribution in [0.1, 0.15) is 27.9 Å². The normalized spacial score (nSPS) is 13.6. The van der Waals surface area contributed by atoms with E-state index < -0.39 is 0 Å². The van der Waals surface area contributed by atoms with Gasteiger partial charge in [-0.1, -0.05) is 31.2 Å². The molecule has 27 heavy (non-hydrogen) atoms. The van der Waals surface area contributed by atoms with Crippen LogP contribution in [-0.2, 0) is 30.7 Å². The van der Waals surface area contributed by atoms with Crippen LogP contribution < -0.4 is 10.6 Å². The van der Waals surface area contributed by atoms with Crippen molar-refractivity contribution in [3.05, 3.63) is 51.5 Å². The average Bonchev–Trinajstić information content (AvgIpc) is 3.15. The first-order chi connectivity index (χ1) is 12.7. The fourth-order valence-electron chi connectivity index (χ4n) is 2.95. The first-order valence-corrected chi connectivity index (χ1v) is 9.74. The Hall–Kier alpha value is -1.68. The van der Waals surface area contributed by atoms with E-state index in [0.29, 0.717) is 19.0 Å². The van der Waals surface area contributed by atoms with Crippen molar-refractivity contribution >= 4 is 47.2 Å². The summed E-state index contributed by atoms with van der Waals surface area (Å²) >= 11 is 1.69. The highest BCUT2D eigenvalue weighted by atomic mass is 127. The molecule has 2 N–H and O–H groups in total. The fraction of sp³-hybridized carbons (Fsp3) is 0.421. The number of nitrogens with one attached hydrogen (secondary N) is 2. The maximum Gasteiger partial charge on any atom is 0.242 e. The number of hydrogen-bond acceptors (Lipinski definition) is 4. The number of aromatic nitrogens is 1. The van der Waals surface area contributed by atoms with E-state index in [-0.39, 0.29) is 36.4 Å². The van der Waals surface area contributed by atoms with Crippen LogP contribution in [0.25, 0.3) is 0 Å². The molecule has 1 aromatic carbocycles. The Morgan fingerprint density at radius 3 is 2.78 bits per heavy atom. The first kappa shape index (κ1) is 21.6. The van der Waals surface area contributed by atoms with E-state index in [1.807, 2.05) is 17.2 Å². The van der Waals surface area contributed by atoms with Gasteiger partial charge >= 0.3 is 0 Å². The van der Waals surface area contributed by atoms with E-state index in [4.69, 9.17) is 0 Å². The van der Waals surface area contributed by atoms with Crippen LogP contribution in [0.5, 0.6) is 0 Å². The predicted octanol–water partition coefficient (Wildman–Crippen LogP) is 2.57. The molecule has 146 valence electrons. The molecule has 8 heteroatoms. The highest BCUT2D eigenvalue weighted by Gasteiger charge is 2.20. The Balaban J connectivity index is 0.00000261. The quantitative estimate of drug-likeness (QED) is 0.377. The van der Waals surface area contributed by atoms with Gasteiger partial charge in [-0.25, -0.2) is 4.98 Å². The second kappa shape index (κ2) is 10.6. The summed E-state index contributed by atoms with van der Waals surface area (Å²) in [6.07, 6.45) is 3.83. The first-order valence-electron chi connectivity index (χ1n) is 8.92. The van der Waals surface area contributed by atoms with Gasteiger partial charge in [-0.3, -0.25) is 9.79 Å². The molecular formula is C19H26IN5OS. The van der Waals surface area contributed by atoms with Crippen molar-refractivity contribution in [3.8, 4) is 0 Å². The van der Waals surface area contributed by atoms with Crippen molar-refractivity contribution in [3.63, 3.8) is 0 Å². The number of fused-ring (bicyclic) bond motifs is 1. The van der Waals surface area contributed by atoms with Gasteiger partial charge in [-0.2, -0.15) is 0 Å². The number of carbonyl (C=O) groups excluding carboxylic acids is 1. The highest BCUT2D eigenvalue weighted by Crippen LogP contribution is 2.18. The topological polar surface area (TPSA) is 69.6 Å². The van der Waals surface area contributed by atoms with Crippen LogP contribution in [-0.4, -0.2) is 41.9 Å². The Labute approximate surface area is 181 Å². The molecule has 1 aromatic heterocycles. The third kappa shape index (κ3) is 5.90. The van der Waals surface area contributed by atoms with Crippen molar-refractivity contribution in [2.24, 2.45) is 4.99 Å². The summed E-state index contributed by atoms with van der Waals surface area (Å²) in [7, 11) is 1.70. The number of nitrogens with zero attached hydrogens (tertiary/aromatic N) is 3. The molecule has 0 fully saturated rings. The average molecular weight is 499 g/mol. The number of aliphatic imine (C=N–C) groups is 1. The SMILES string of the molecule is CCc1cnc(CNC(=NC)NCC(=O)N2CCc3ccccc3C2)s1.I. The summed E-state index contributed by atoms with van der Waals surface area (Å²) in [5.74, 6) is 0.703. The molecule has 1 amide bonds. The minimum atomic E-state index is 0. The van der Waals surface area contributed by atoms with Gasteiger partial charge in [0.1, 0.15) is 5.01 Å². The Morgan fingerprint density at radius 2 is 2.07 bits per heavy atom. The standard InChI is InChI=1S/C19H25N5OS.HI/c1-3-16-10-21-17(26-16)11-22-19(20-2)23-12-18(25)24-9-8-14-6-4-5-7-15(14)13-24;/h4-7,10H,3,8-9,11-13H2,1-2H3,(H2,20,22,23);1H. The molecule has 0 spiro atoms. The Kier molecular flexibility index (Phi) is 8.49. The smallest absolute Gasteiger partial charge is 0.242 e. The highest BCUT2D eigenvalue weighted by molar-refractivity contribution is 14.0. The van der Waals surface area contributed by atoms with E-state index in [1.54, 1.807) is 18.4 Å². The lowest BCUT2D eigenvalue weighted by Crippen LogP contribution is -2.45. The summed E-state index contributed by atoms with van der Waals surface area (Å²) in [5.41, 5.74) is 2.59. The molecular weight excluding hydrogens is 473 g/mol. The van der Waals surface area contributed by atoms with Gasteiger partial charge < -0.3 is 15.5 Å². The zero-order valence-electron chi connectivity index (χ0n) is 15.7. The fourth-order valence-corrected chi connectivity index (χ4v) is 3.76. The molecule has 2 heterocycles. The summed E-state index contributed by atoms with van der Waals surface area (Å²) in [6.45, 7) is 4.41. The third-order valence-corrected chi connectivity index (χ3v) is 5.61. The summed E-state index contributed by atoms with van der Waals surface area (Å²) in [5, 5.41) is 7.34. The van der Waals surface area contributed by atoms with E-state index >= 15 is 0 Å². The molecule has 1 aliphatic rings. The molecule has 0 aliphatic carbocycles. The number of guanidine groups is 1. The number of carbonyl (C=O) groups is 1. The van der Waals surface area contributed by atoms with Gasteiger partial charge in [0.05, 0.1) is 13.1 Å². The molecule has 2 aromatic rings. The molecule has 0 radical (unpaired) electrons. The lowest BCUT2D eigenvalue weighted by molar-refractivity contribution is -0.130. The number of benzene rings is 1. The number of halogens is 1. The van der Waals surface area contributed by atoms with E-state index in [9.17, 15) is 4.79 Å². The van der Waals surface area contributed by atoms with Gasteiger partial charge in [0.15, 0.2) is 5.96 Å². The van der Waals surface area contributed by atoms with Gasteiger partial charge in [0.2, 0.25) is 5.91 Å². The minimum absolute atomic E-state index is 0. The van der Waals surface area contributed by atoms with Crippen molar-refractivity contribution in [1.29, 1.82) is 0 Å². The van der Waals surface area contributed by atoms with Gasteiger partial charge in [-0.15, -0.1) is 35.3 Å². The van der Waals surface area contributed by atoms with Gasteiger partial charge in [0, 0.05) is 31.2 Å². The number of thiazole rings is 1. The third-order valence-electron chi connectivity index (χ3n) is 4.47. The number of aryl methyl sites for hydroxylation is 1. The molecule has 0 atom stereocenters. The van der Waals surface area contributed by atoms with Crippen LogP contribution in [0.15, 0.2) is 35.5 Å². The Bertz CT molecular complexity index is 792. The summed E-state index contributed by atoms with van der Waals surface area (Å²) in [4.78, 5) is 24.2. The Morgan fingerprint density at radius 1 is 1.30 bits per heavy atom. The van der Waals surface area contributed by atoms with Crippen LogP contribution in [0.4, 0.5) is 0 Å². The number of hydrogen-bond donors (Lipinski definition) is 2. The molecule has 0 unspecified atom stereocenters. The molecule has 6 nitrogen and oxygen atoms in total.